The van der Waals surface area contributed by atoms with Crippen molar-refractivity contribution < 1.29 is 13.6 Å². The van der Waals surface area contributed by atoms with Crippen LogP contribution in [0, 0.1) is 5.92 Å². The minimum Gasteiger partial charge on any atom is -0.520 e. The van der Waals surface area contributed by atoms with Gasteiger partial charge in [0, 0.05) is 6.61 Å². The summed E-state index contributed by atoms with van der Waals surface area (Å²) in [4.78, 5) is 0. The molecule has 0 N–H and O–H groups in total. The van der Waals surface area contributed by atoms with Crippen molar-refractivity contribution in [1.82, 2.24) is 0 Å². The average molecular weight is 254 g/mol. The SMILES string of the molecule is COc1ccc(O[Si](C)(C)OCC(C)C)cc1. The molecule has 0 fully saturated rings. The van der Waals surface area contributed by atoms with Crippen LogP contribution in [0.25, 0.3) is 0 Å². The number of benzene rings is 1. The lowest BCUT2D eigenvalue weighted by atomic mass is 10.2. The van der Waals surface area contributed by atoms with E-state index in [0.717, 1.165) is 18.1 Å². The first-order valence-corrected chi connectivity index (χ1v) is 8.71. The Labute approximate surface area is 105 Å². The maximum absolute atomic E-state index is 5.91. The quantitative estimate of drug-likeness (QED) is 0.728. The van der Waals surface area contributed by atoms with Crippen LogP contribution < -0.4 is 9.16 Å². The average Bonchev–Trinajstić information content (AvgIpc) is 2.27. The van der Waals surface area contributed by atoms with Crippen molar-refractivity contribution in [1.29, 1.82) is 0 Å². The molecule has 1 aromatic carbocycles. The molecule has 0 amide bonds. The maximum Gasteiger partial charge on any atom is 0.392 e. The second-order valence-electron chi connectivity index (χ2n) is 4.88. The monoisotopic (exact) mass is 254 g/mol. The summed E-state index contributed by atoms with van der Waals surface area (Å²) in [6, 6.07) is 7.60. The second-order valence-corrected chi connectivity index (χ2v) is 8.17. The zero-order valence-corrected chi connectivity index (χ0v) is 12.3. The van der Waals surface area contributed by atoms with E-state index in [2.05, 4.69) is 26.9 Å². The van der Waals surface area contributed by atoms with Gasteiger partial charge < -0.3 is 13.6 Å². The summed E-state index contributed by atoms with van der Waals surface area (Å²) in [5, 5.41) is 0. The molecule has 0 aliphatic heterocycles. The summed E-state index contributed by atoms with van der Waals surface area (Å²) in [5.41, 5.74) is 0. The van der Waals surface area contributed by atoms with Crippen molar-refractivity contribution in [2.45, 2.75) is 26.9 Å². The van der Waals surface area contributed by atoms with Crippen molar-refractivity contribution in [3.05, 3.63) is 24.3 Å². The van der Waals surface area contributed by atoms with Crippen LogP contribution in [-0.4, -0.2) is 22.3 Å². The van der Waals surface area contributed by atoms with E-state index >= 15 is 0 Å². The molecule has 0 unspecified atom stereocenters. The smallest absolute Gasteiger partial charge is 0.392 e. The standard InChI is InChI=1S/C13H22O3Si/c1-11(2)10-15-17(4,5)16-13-8-6-12(14-3)7-9-13/h6-9,11H,10H2,1-5H3. The van der Waals surface area contributed by atoms with Crippen LogP contribution in [0.1, 0.15) is 13.8 Å². The first-order chi connectivity index (χ1) is 7.93. The van der Waals surface area contributed by atoms with Gasteiger partial charge in [-0.1, -0.05) is 13.8 Å². The van der Waals surface area contributed by atoms with E-state index in [1.54, 1.807) is 7.11 Å². The first kappa shape index (κ1) is 14.1. The summed E-state index contributed by atoms with van der Waals surface area (Å²) < 4.78 is 16.9. The molecule has 0 radical (unpaired) electrons. The Hall–Kier alpha value is -1.00. The lowest BCUT2D eigenvalue weighted by Crippen LogP contribution is -2.39. The topological polar surface area (TPSA) is 27.7 Å². The molecule has 0 saturated carbocycles. The Bertz CT molecular complexity index is 333. The molecular formula is C13H22O3Si. The van der Waals surface area contributed by atoms with Crippen molar-refractivity contribution in [2.75, 3.05) is 13.7 Å². The molecule has 0 aliphatic carbocycles. The molecule has 17 heavy (non-hydrogen) atoms. The molecule has 0 aromatic heterocycles. The normalized spacial score (nSPS) is 11.6. The zero-order valence-electron chi connectivity index (χ0n) is 11.3. The van der Waals surface area contributed by atoms with E-state index in [0.29, 0.717) is 5.92 Å². The Morgan fingerprint density at radius 2 is 1.59 bits per heavy atom. The van der Waals surface area contributed by atoms with Crippen LogP contribution in [0.4, 0.5) is 0 Å². The highest BCUT2D eigenvalue weighted by molar-refractivity contribution is 6.65. The van der Waals surface area contributed by atoms with E-state index in [1.807, 2.05) is 24.3 Å². The lowest BCUT2D eigenvalue weighted by Gasteiger charge is -2.24. The molecule has 3 nitrogen and oxygen atoms in total. The fourth-order valence-corrected chi connectivity index (χ4v) is 2.82. The van der Waals surface area contributed by atoms with Gasteiger partial charge in [-0.2, -0.15) is 0 Å². The highest BCUT2D eigenvalue weighted by Gasteiger charge is 2.27. The van der Waals surface area contributed by atoms with Gasteiger partial charge in [0.15, 0.2) is 0 Å². The predicted molar refractivity (Wildman–Crippen MR) is 71.9 cm³/mol. The largest absolute Gasteiger partial charge is 0.520 e. The molecule has 1 rings (SSSR count). The molecule has 0 bridgehead atoms. The van der Waals surface area contributed by atoms with E-state index in [9.17, 15) is 0 Å². The summed E-state index contributed by atoms with van der Waals surface area (Å²) in [6.45, 7) is 9.13. The van der Waals surface area contributed by atoms with Gasteiger partial charge in [0.1, 0.15) is 11.5 Å². The highest BCUT2D eigenvalue weighted by Crippen LogP contribution is 2.21. The second kappa shape index (κ2) is 6.07. The number of hydrogen-bond acceptors (Lipinski definition) is 3. The molecule has 0 aliphatic rings. The third-order valence-corrected chi connectivity index (χ3v) is 3.78. The number of hydrogen-bond donors (Lipinski definition) is 0. The Morgan fingerprint density at radius 1 is 1.06 bits per heavy atom. The lowest BCUT2D eigenvalue weighted by molar-refractivity contribution is 0.216. The van der Waals surface area contributed by atoms with Crippen LogP contribution >= 0.6 is 0 Å². The molecule has 1 aromatic rings. The Kier molecular flexibility index (Phi) is 5.02. The van der Waals surface area contributed by atoms with Gasteiger partial charge in [-0.05, 0) is 43.3 Å². The minimum atomic E-state index is -2.08. The Balaban J connectivity index is 2.56. The van der Waals surface area contributed by atoms with E-state index in [4.69, 9.17) is 13.6 Å². The van der Waals surface area contributed by atoms with Gasteiger partial charge in [0.25, 0.3) is 0 Å². The third-order valence-electron chi connectivity index (χ3n) is 2.19. The molecule has 0 atom stereocenters. The van der Waals surface area contributed by atoms with Gasteiger partial charge in [-0.15, -0.1) is 0 Å². The van der Waals surface area contributed by atoms with Crippen molar-refractivity contribution >= 4 is 8.56 Å². The summed E-state index contributed by atoms with van der Waals surface area (Å²) in [6.07, 6.45) is 0. The minimum absolute atomic E-state index is 0.529. The van der Waals surface area contributed by atoms with Gasteiger partial charge in [-0.3, -0.25) is 0 Å². The van der Waals surface area contributed by atoms with Crippen LogP contribution in [0.15, 0.2) is 24.3 Å². The van der Waals surface area contributed by atoms with Crippen LogP contribution in [0.5, 0.6) is 11.5 Å². The third kappa shape index (κ3) is 5.24. The van der Waals surface area contributed by atoms with Gasteiger partial charge >= 0.3 is 8.56 Å². The van der Waals surface area contributed by atoms with Gasteiger partial charge in [0.05, 0.1) is 7.11 Å². The fraction of sp³-hybridized carbons (Fsp3) is 0.538. The molecule has 0 spiro atoms. The molecule has 0 saturated heterocycles. The van der Waals surface area contributed by atoms with Crippen LogP contribution in [0.3, 0.4) is 0 Å². The predicted octanol–water partition coefficient (Wildman–Crippen LogP) is 3.45. The van der Waals surface area contributed by atoms with E-state index < -0.39 is 8.56 Å². The van der Waals surface area contributed by atoms with Crippen LogP contribution in [0.2, 0.25) is 13.1 Å². The first-order valence-electron chi connectivity index (χ1n) is 5.90. The van der Waals surface area contributed by atoms with Crippen LogP contribution in [-0.2, 0) is 4.43 Å². The summed E-state index contributed by atoms with van der Waals surface area (Å²) >= 11 is 0. The maximum atomic E-state index is 5.91. The van der Waals surface area contributed by atoms with E-state index in [1.165, 1.54) is 0 Å². The zero-order chi connectivity index (χ0) is 12.9. The van der Waals surface area contributed by atoms with Crippen molar-refractivity contribution in [3.63, 3.8) is 0 Å². The van der Waals surface area contributed by atoms with Crippen molar-refractivity contribution in [3.8, 4) is 11.5 Å². The molecular weight excluding hydrogens is 232 g/mol. The fourth-order valence-electron chi connectivity index (χ4n) is 1.32. The molecule has 96 valence electrons. The number of ether oxygens (including phenoxy) is 1. The van der Waals surface area contributed by atoms with Gasteiger partial charge in [-0.25, -0.2) is 0 Å². The summed E-state index contributed by atoms with van der Waals surface area (Å²) in [7, 11) is -0.422. The van der Waals surface area contributed by atoms with Gasteiger partial charge in [0.2, 0.25) is 0 Å². The van der Waals surface area contributed by atoms with E-state index in [-0.39, 0.29) is 0 Å². The van der Waals surface area contributed by atoms with Crippen molar-refractivity contribution in [2.24, 2.45) is 5.92 Å². The number of rotatable bonds is 6. The highest BCUT2D eigenvalue weighted by atomic mass is 28.4. The molecule has 0 heterocycles. The Morgan fingerprint density at radius 3 is 2.06 bits per heavy atom. The summed E-state index contributed by atoms with van der Waals surface area (Å²) in [5.74, 6) is 2.20. The number of methoxy groups -OCH3 is 1. The molecule has 4 heteroatoms.